The highest BCUT2D eigenvalue weighted by molar-refractivity contribution is 7.16. The number of carbonyl (C=O) groups is 3. The van der Waals surface area contributed by atoms with Crippen molar-refractivity contribution in [2.24, 2.45) is 0 Å². The average molecular weight is 446 g/mol. The zero-order valence-electron chi connectivity index (χ0n) is 14.5. The summed E-state index contributed by atoms with van der Waals surface area (Å²) < 4.78 is 73.5. The van der Waals surface area contributed by atoms with E-state index in [0.717, 1.165) is 6.07 Å². The van der Waals surface area contributed by atoms with E-state index in [1.165, 1.54) is 24.3 Å². The van der Waals surface area contributed by atoms with Crippen molar-refractivity contribution in [1.82, 2.24) is 10.1 Å². The Labute approximate surface area is 162 Å². The van der Waals surface area contributed by atoms with Crippen LogP contribution in [-0.4, -0.2) is 52.2 Å². The zero-order valence-corrected chi connectivity index (χ0v) is 15.4. The van der Waals surface area contributed by atoms with Gasteiger partial charge in [-0.05, 0) is 19.1 Å². The number of rotatable bonds is 4. The first-order chi connectivity index (χ1) is 13.2. The summed E-state index contributed by atoms with van der Waals surface area (Å²) in [6, 6.07) is 3.37. The summed E-state index contributed by atoms with van der Waals surface area (Å²) >= 11 is 0.514. The number of amides is 1. The lowest BCUT2D eigenvalue weighted by Crippen LogP contribution is -2.29. The van der Waals surface area contributed by atoms with Crippen LogP contribution in [0.3, 0.4) is 0 Å². The molecular formula is C15H12F6N2O5S. The minimum Gasteiger partial charge on any atom is -0.475 e. The number of aromatic nitrogens is 1. The number of carboxylic acid groups (broad SMARTS) is 1. The number of halogens is 6. The van der Waals surface area contributed by atoms with Crippen LogP contribution in [0.5, 0.6) is 0 Å². The molecule has 0 bridgehead atoms. The Morgan fingerprint density at radius 2 is 1.59 bits per heavy atom. The van der Waals surface area contributed by atoms with Crippen LogP contribution in [-0.2, 0) is 4.79 Å². The maximum atomic E-state index is 12.4. The number of nitrogens with zero attached hydrogens (tertiary/aromatic N) is 2. The maximum Gasteiger partial charge on any atom is 0.490 e. The summed E-state index contributed by atoms with van der Waals surface area (Å²) in [6.45, 7) is 1.70. The van der Waals surface area contributed by atoms with Gasteiger partial charge in [0.15, 0.2) is 0 Å². The van der Waals surface area contributed by atoms with Crippen LogP contribution in [0, 0.1) is 0 Å². The van der Waals surface area contributed by atoms with Crippen LogP contribution in [0.2, 0.25) is 0 Å². The van der Waals surface area contributed by atoms with Crippen LogP contribution in [0.15, 0.2) is 29.0 Å². The normalized spacial score (nSPS) is 12.6. The van der Waals surface area contributed by atoms with Crippen LogP contribution in [0.4, 0.5) is 26.3 Å². The summed E-state index contributed by atoms with van der Waals surface area (Å²) in [5.41, 5.74) is 0.513. The summed E-state index contributed by atoms with van der Waals surface area (Å²) in [6.07, 6.45) is -8.68. The Bertz CT molecular complexity index is 859. The van der Waals surface area contributed by atoms with Gasteiger partial charge in [0.25, 0.3) is 11.7 Å². The van der Waals surface area contributed by atoms with E-state index in [1.807, 2.05) is 0 Å². The second-order valence-corrected chi connectivity index (χ2v) is 6.39. The molecule has 29 heavy (non-hydrogen) atoms. The largest absolute Gasteiger partial charge is 0.490 e. The quantitative estimate of drug-likeness (QED) is 0.564. The number of hydrogen-bond acceptors (Lipinski definition) is 6. The van der Waals surface area contributed by atoms with E-state index < -0.39 is 40.9 Å². The molecule has 0 spiro atoms. The van der Waals surface area contributed by atoms with Gasteiger partial charge >= 0.3 is 18.3 Å². The lowest BCUT2D eigenvalue weighted by Gasteiger charge is -2.22. The standard InChI is InChI=1S/C13H11F3N2O3S.C2HF3O2/c1-7(8-5-6-21-17-8)18(2)12(20)10-4-3-9(22-10)11(19)13(14,15)16;3-2(4,5)1(6)7/h3-7H,1-2H3;(H,6,7). The molecule has 0 aliphatic carbocycles. The molecule has 14 heteroatoms. The van der Waals surface area contributed by atoms with Gasteiger partial charge in [-0.3, -0.25) is 9.59 Å². The van der Waals surface area contributed by atoms with Crippen molar-refractivity contribution in [3.8, 4) is 0 Å². The fourth-order valence-corrected chi connectivity index (χ4v) is 2.65. The molecule has 1 atom stereocenters. The van der Waals surface area contributed by atoms with Gasteiger partial charge in [0, 0.05) is 13.1 Å². The van der Waals surface area contributed by atoms with E-state index in [2.05, 4.69) is 9.68 Å². The van der Waals surface area contributed by atoms with E-state index in [1.54, 1.807) is 13.0 Å². The molecule has 2 aromatic rings. The third-order valence-electron chi connectivity index (χ3n) is 3.33. The Balaban J connectivity index is 0.000000516. The van der Waals surface area contributed by atoms with Crippen LogP contribution >= 0.6 is 11.3 Å². The third kappa shape index (κ3) is 6.58. The number of aliphatic carboxylic acids is 1. The monoisotopic (exact) mass is 446 g/mol. The zero-order chi connectivity index (χ0) is 22.6. The lowest BCUT2D eigenvalue weighted by molar-refractivity contribution is -0.192. The van der Waals surface area contributed by atoms with Gasteiger partial charge in [-0.2, -0.15) is 26.3 Å². The lowest BCUT2D eigenvalue weighted by atomic mass is 10.2. The first-order valence-corrected chi connectivity index (χ1v) is 8.16. The summed E-state index contributed by atoms with van der Waals surface area (Å²) in [4.78, 5) is 33.1. The molecule has 2 rings (SSSR count). The van der Waals surface area contributed by atoms with Gasteiger partial charge < -0.3 is 14.5 Å². The van der Waals surface area contributed by atoms with E-state index >= 15 is 0 Å². The molecular weight excluding hydrogens is 434 g/mol. The van der Waals surface area contributed by atoms with Crippen molar-refractivity contribution in [2.45, 2.75) is 25.3 Å². The molecule has 7 nitrogen and oxygen atoms in total. The molecule has 0 fully saturated rings. The number of alkyl halides is 6. The predicted octanol–water partition coefficient (Wildman–Crippen LogP) is 3.95. The molecule has 0 aliphatic heterocycles. The van der Waals surface area contributed by atoms with E-state index in [0.29, 0.717) is 17.0 Å². The van der Waals surface area contributed by atoms with Gasteiger partial charge in [-0.15, -0.1) is 11.3 Å². The molecule has 1 unspecified atom stereocenters. The highest BCUT2D eigenvalue weighted by Gasteiger charge is 2.40. The van der Waals surface area contributed by atoms with E-state index in [4.69, 9.17) is 9.90 Å². The third-order valence-corrected chi connectivity index (χ3v) is 4.40. The fourth-order valence-electron chi connectivity index (χ4n) is 1.70. The fraction of sp³-hybridized carbons (Fsp3) is 0.333. The van der Waals surface area contributed by atoms with Crippen molar-refractivity contribution < 1.29 is 50.4 Å². The van der Waals surface area contributed by atoms with Gasteiger partial charge in [-0.25, -0.2) is 4.79 Å². The highest BCUT2D eigenvalue weighted by atomic mass is 32.1. The van der Waals surface area contributed by atoms with Crippen molar-refractivity contribution in [2.75, 3.05) is 7.05 Å². The molecule has 2 aromatic heterocycles. The number of ketones is 1. The first kappa shape index (κ1) is 24.1. The van der Waals surface area contributed by atoms with Gasteiger partial charge in [-0.1, -0.05) is 5.16 Å². The average Bonchev–Trinajstić information content (AvgIpc) is 3.29. The SMILES string of the molecule is CC(c1ccon1)N(C)C(=O)c1ccc(C(=O)C(F)(F)F)s1.O=C(O)C(F)(F)F. The topological polar surface area (TPSA) is 101 Å². The van der Waals surface area contributed by atoms with Gasteiger partial charge in [0.2, 0.25) is 0 Å². The molecule has 160 valence electrons. The number of carbonyl (C=O) groups excluding carboxylic acids is 2. The van der Waals surface area contributed by atoms with E-state index in [9.17, 15) is 35.9 Å². The second kappa shape index (κ2) is 9.07. The smallest absolute Gasteiger partial charge is 0.475 e. The number of thiophene rings is 1. The molecule has 1 amide bonds. The minimum absolute atomic E-state index is 0.0467. The molecule has 0 saturated carbocycles. The second-order valence-electron chi connectivity index (χ2n) is 5.31. The molecule has 2 heterocycles. The van der Waals surface area contributed by atoms with E-state index in [-0.39, 0.29) is 4.88 Å². The summed E-state index contributed by atoms with van der Waals surface area (Å²) in [7, 11) is 1.49. The first-order valence-electron chi connectivity index (χ1n) is 7.35. The Hall–Kier alpha value is -2.90. The van der Waals surface area contributed by atoms with Gasteiger partial charge in [0.05, 0.1) is 15.8 Å². The van der Waals surface area contributed by atoms with Crippen molar-refractivity contribution >= 4 is 29.0 Å². The van der Waals surface area contributed by atoms with Crippen LogP contribution < -0.4 is 0 Å². The number of Topliss-reactive ketones (excluding diaryl/α,β-unsaturated/α-hetero) is 1. The molecule has 0 aromatic carbocycles. The summed E-state index contributed by atoms with van der Waals surface area (Å²) in [5, 5.41) is 10.8. The Morgan fingerprint density at radius 3 is 2.00 bits per heavy atom. The molecule has 1 N–H and O–H groups in total. The highest BCUT2D eigenvalue weighted by Crippen LogP contribution is 2.28. The molecule has 0 aliphatic rings. The van der Waals surface area contributed by atoms with Crippen LogP contribution in [0.25, 0.3) is 0 Å². The van der Waals surface area contributed by atoms with Crippen molar-refractivity contribution in [3.63, 3.8) is 0 Å². The molecule has 0 saturated heterocycles. The Morgan fingerprint density at radius 1 is 1.07 bits per heavy atom. The predicted molar refractivity (Wildman–Crippen MR) is 85.4 cm³/mol. The van der Waals surface area contributed by atoms with Crippen molar-refractivity contribution in [1.29, 1.82) is 0 Å². The summed E-state index contributed by atoms with van der Waals surface area (Å²) in [5.74, 6) is -5.21. The van der Waals surface area contributed by atoms with Gasteiger partial charge in [0.1, 0.15) is 12.0 Å². The Kier molecular flexibility index (Phi) is 7.55. The number of hydrogen-bond donors (Lipinski definition) is 1. The molecule has 0 radical (unpaired) electrons. The van der Waals surface area contributed by atoms with Crippen molar-refractivity contribution in [3.05, 3.63) is 39.9 Å². The number of carboxylic acids is 1. The minimum atomic E-state index is -5.08. The van der Waals surface area contributed by atoms with Crippen LogP contribution in [0.1, 0.15) is 38.0 Å². The maximum absolute atomic E-state index is 12.4.